The van der Waals surface area contributed by atoms with Crippen LogP contribution >= 0.6 is 11.6 Å². The van der Waals surface area contributed by atoms with Gasteiger partial charge in [-0.15, -0.1) is 0 Å². The summed E-state index contributed by atoms with van der Waals surface area (Å²) < 4.78 is 11.5. The highest BCUT2D eigenvalue weighted by Gasteiger charge is 2.20. The van der Waals surface area contributed by atoms with Crippen LogP contribution in [0.1, 0.15) is 50.5 Å². The first kappa shape index (κ1) is 15.5. The Hall–Kier alpha value is -0.930. The first-order valence-corrected chi connectivity index (χ1v) is 7.77. The summed E-state index contributed by atoms with van der Waals surface area (Å²) >= 11 is 6.40. The molecule has 1 unspecified atom stereocenters. The van der Waals surface area contributed by atoms with E-state index in [4.69, 9.17) is 26.8 Å². The molecule has 0 aliphatic heterocycles. The Labute approximate surface area is 126 Å². The zero-order valence-corrected chi connectivity index (χ0v) is 13.1. The quantitative estimate of drug-likeness (QED) is 0.859. The van der Waals surface area contributed by atoms with Crippen molar-refractivity contribution in [1.29, 1.82) is 0 Å². The summed E-state index contributed by atoms with van der Waals surface area (Å²) in [7, 11) is 1.67. The third kappa shape index (κ3) is 3.58. The minimum atomic E-state index is 0.298. The van der Waals surface area contributed by atoms with Gasteiger partial charge < -0.3 is 15.2 Å². The topological polar surface area (TPSA) is 44.5 Å². The molecular formula is C16H24ClNO2. The summed E-state index contributed by atoms with van der Waals surface area (Å²) in [5, 5.41) is 0.736. The second-order valence-corrected chi connectivity index (χ2v) is 5.93. The van der Waals surface area contributed by atoms with Gasteiger partial charge >= 0.3 is 0 Å². The summed E-state index contributed by atoms with van der Waals surface area (Å²) in [5.74, 6) is 1.84. The summed E-state index contributed by atoms with van der Waals surface area (Å²) in [6.45, 7) is 2.78. The van der Waals surface area contributed by atoms with Crippen LogP contribution in [0.25, 0.3) is 0 Å². The number of methoxy groups -OCH3 is 1. The van der Waals surface area contributed by atoms with Gasteiger partial charge in [0, 0.05) is 11.1 Å². The molecule has 0 aromatic heterocycles. The average molecular weight is 298 g/mol. The molecule has 3 nitrogen and oxygen atoms in total. The molecule has 0 radical (unpaired) electrons. The number of nitrogens with two attached hydrogens (primary N) is 1. The third-order valence-electron chi connectivity index (χ3n) is 4.01. The molecule has 0 bridgehead atoms. The Morgan fingerprint density at radius 1 is 1.30 bits per heavy atom. The highest BCUT2D eigenvalue weighted by Crippen LogP contribution is 2.39. The molecule has 2 N–H and O–H groups in total. The predicted molar refractivity (Wildman–Crippen MR) is 83.0 cm³/mol. The fourth-order valence-electron chi connectivity index (χ4n) is 2.77. The van der Waals surface area contributed by atoms with Crippen LogP contribution in [-0.4, -0.2) is 19.8 Å². The minimum Gasteiger partial charge on any atom is -0.493 e. The van der Waals surface area contributed by atoms with Crippen LogP contribution in [0.15, 0.2) is 12.1 Å². The second kappa shape index (κ2) is 7.19. The lowest BCUT2D eigenvalue weighted by molar-refractivity contribution is 0.200. The zero-order chi connectivity index (χ0) is 14.5. The number of ether oxygens (including phenoxy) is 2. The first-order valence-electron chi connectivity index (χ1n) is 7.39. The molecule has 0 spiro atoms. The smallest absolute Gasteiger partial charge is 0.163 e. The molecule has 1 aliphatic carbocycles. The second-order valence-electron chi connectivity index (χ2n) is 5.53. The molecule has 4 heteroatoms. The Morgan fingerprint density at radius 3 is 2.60 bits per heavy atom. The zero-order valence-electron chi connectivity index (χ0n) is 12.3. The molecule has 1 aromatic carbocycles. The third-order valence-corrected chi connectivity index (χ3v) is 4.34. The van der Waals surface area contributed by atoms with E-state index in [0.717, 1.165) is 41.3 Å². The van der Waals surface area contributed by atoms with Crippen molar-refractivity contribution in [1.82, 2.24) is 0 Å². The molecule has 20 heavy (non-hydrogen) atoms. The van der Waals surface area contributed by atoms with E-state index in [0.29, 0.717) is 18.6 Å². The molecule has 2 rings (SSSR count). The fraction of sp³-hybridized carbons (Fsp3) is 0.625. The van der Waals surface area contributed by atoms with E-state index in [1.165, 1.54) is 12.8 Å². The molecule has 1 aromatic rings. The van der Waals surface area contributed by atoms with E-state index in [-0.39, 0.29) is 0 Å². The maximum Gasteiger partial charge on any atom is 0.163 e. The van der Waals surface area contributed by atoms with Crippen molar-refractivity contribution in [3.8, 4) is 11.5 Å². The van der Waals surface area contributed by atoms with Crippen molar-refractivity contribution in [2.75, 3.05) is 13.7 Å². The SMILES string of the molecule is COc1cc(C(C)CCN)c(Cl)cc1OC1CCCC1. The molecule has 0 amide bonds. The number of hydrogen-bond donors (Lipinski definition) is 1. The summed E-state index contributed by atoms with van der Waals surface area (Å²) in [6, 6.07) is 3.88. The molecule has 1 atom stereocenters. The Morgan fingerprint density at radius 2 is 2.00 bits per heavy atom. The van der Waals surface area contributed by atoms with Crippen LogP contribution in [0.5, 0.6) is 11.5 Å². The van der Waals surface area contributed by atoms with E-state index in [1.807, 2.05) is 12.1 Å². The molecular weight excluding hydrogens is 274 g/mol. The standard InChI is InChI=1S/C16H24ClNO2/c1-11(7-8-18)13-9-15(19-2)16(10-14(13)17)20-12-5-3-4-6-12/h9-12H,3-8,18H2,1-2H3. The molecule has 1 aliphatic rings. The number of benzene rings is 1. The van der Waals surface area contributed by atoms with Gasteiger partial charge in [0.1, 0.15) is 0 Å². The van der Waals surface area contributed by atoms with Gasteiger partial charge in [-0.2, -0.15) is 0 Å². The molecule has 1 saturated carbocycles. The van der Waals surface area contributed by atoms with Gasteiger partial charge in [0.25, 0.3) is 0 Å². The number of hydrogen-bond acceptors (Lipinski definition) is 3. The van der Waals surface area contributed by atoms with Gasteiger partial charge in [-0.25, -0.2) is 0 Å². The lowest BCUT2D eigenvalue weighted by Crippen LogP contribution is -2.12. The van der Waals surface area contributed by atoms with Crippen LogP contribution in [0, 0.1) is 0 Å². The Bertz CT molecular complexity index is 444. The molecule has 0 heterocycles. The summed E-state index contributed by atoms with van der Waals surface area (Å²) in [6.07, 6.45) is 5.93. The van der Waals surface area contributed by atoms with Crippen molar-refractivity contribution in [2.45, 2.75) is 51.0 Å². The Balaban J connectivity index is 2.22. The number of halogens is 1. The Kier molecular flexibility index (Phi) is 5.55. The normalized spacial score (nSPS) is 17.2. The summed E-state index contributed by atoms with van der Waals surface area (Å²) in [4.78, 5) is 0. The van der Waals surface area contributed by atoms with Crippen molar-refractivity contribution in [3.63, 3.8) is 0 Å². The van der Waals surface area contributed by atoms with Gasteiger partial charge in [-0.05, 0) is 56.2 Å². The van der Waals surface area contributed by atoms with E-state index in [1.54, 1.807) is 7.11 Å². The van der Waals surface area contributed by atoms with E-state index < -0.39 is 0 Å². The lowest BCUT2D eigenvalue weighted by atomic mass is 9.97. The molecule has 1 fully saturated rings. The van der Waals surface area contributed by atoms with E-state index in [2.05, 4.69) is 6.92 Å². The van der Waals surface area contributed by atoms with Crippen molar-refractivity contribution >= 4 is 11.6 Å². The van der Waals surface area contributed by atoms with Crippen LogP contribution in [0.2, 0.25) is 5.02 Å². The van der Waals surface area contributed by atoms with Crippen molar-refractivity contribution in [3.05, 3.63) is 22.7 Å². The highest BCUT2D eigenvalue weighted by atomic mass is 35.5. The van der Waals surface area contributed by atoms with Crippen molar-refractivity contribution in [2.24, 2.45) is 5.73 Å². The maximum absolute atomic E-state index is 6.40. The van der Waals surface area contributed by atoms with Crippen LogP contribution in [-0.2, 0) is 0 Å². The summed E-state index contributed by atoms with van der Waals surface area (Å²) in [5.41, 5.74) is 6.70. The van der Waals surface area contributed by atoms with E-state index >= 15 is 0 Å². The highest BCUT2D eigenvalue weighted by molar-refractivity contribution is 6.31. The average Bonchev–Trinajstić information content (AvgIpc) is 2.92. The monoisotopic (exact) mass is 297 g/mol. The lowest BCUT2D eigenvalue weighted by Gasteiger charge is -2.19. The van der Waals surface area contributed by atoms with Crippen molar-refractivity contribution < 1.29 is 9.47 Å². The maximum atomic E-state index is 6.40. The fourth-order valence-corrected chi connectivity index (χ4v) is 3.11. The van der Waals surface area contributed by atoms with Gasteiger partial charge in [0.05, 0.1) is 13.2 Å². The van der Waals surface area contributed by atoms with Crippen LogP contribution in [0.4, 0.5) is 0 Å². The minimum absolute atomic E-state index is 0.298. The van der Waals surface area contributed by atoms with Gasteiger partial charge in [-0.3, -0.25) is 0 Å². The molecule has 112 valence electrons. The van der Waals surface area contributed by atoms with Crippen LogP contribution < -0.4 is 15.2 Å². The van der Waals surface area contributed by atoms with Gasteiger partial charge in [-0.1, -0.05) is 18.5 Å². The van der Waals surface area contributed by atoms with E-state index in [9.17, 15) is 0 Å². The van der Waals surface area contributed by atoms with Crippen LogP contribution in [0.3, 0.4) is 0 Å². The first-order chi connectivity index (χ1) is 9.65. The van der Waals surface area contributed by atoms with Gasteiger partial charge in [0.15, 0.2) is 11.5 Å². The largest absolute Gasteiger partial charge is 0.493 e. The van der Waals surface area contributed by atoms with Gasteiger partial charge in [0.2, 0.25) is 0 Å². The number of rotatable bonds is 6. The molecule has 0 saturated heterocycles. The predicted octanol–water partition coefficient (Wildman–Crippen LogP) is 4.12.